The van der Waals surface area contributed by atoms with E-state index in [1.165, 1.54) is 6.07 Å². The molecular weight excluding hydrogens is 456 g/mol. The van der Waals surface area contributed by atoms with E-state index in [1.807, 2.05) is 0 Å². The summed E-state index contributed by atoms with van der Waals surface area (Å²) in [5, 5.41) is 9.59. The van der Waals surface area contributed by atoms with Crippen molar-refractivity contribution in [1.29, 1.82) is 0 Å². The van der Waals surface area contributed by atoms with Gasteiger partial charge in [0.2, 0.25) is 0 Å². The number of hydrogen-bond donors (Lipinski definition) is 1. The summed E-state index contributed by atoms with van der Waals surface area (Å²) in [4.78, 5) is 12.3. The molecule has 5 nitrogen and oxygen atoms in total. The van der Waals surface area contributed by atoms with Gasteiger partial charge in [0.05, 0.1) is 12.2 Å². The second-order valence-electron chi connectivity index (χ2n) is 10.3. The van der Waals surface area contributed by atoms with E-state index in [0.717, 1.165) is 38.0 Å². The number of phenolic OH excluding ortho intramolecular Hbond substituents is 1. The van der Waals surface area contributed by atoms with Gasteiger partial charge in [-0.1, -0.05) is 48.0 Å². The molecule has 0 aliphatic heterocycles. The first-order valence-corrected chi connectivity index (χ1v) is 15.1. The SMILES string of the molecule is Cc1cc(OC(=O)c2ccc(OCCCCCCO[Si](C(C)C)(C(C)C)C(C)C)cc2)ccc1O. The molecule has 0 bridgehead atoms. The average molecular weight is 501 g/mol. The fourth-order valence-electron chi connectivity index (χ4n) is 5.04. The normalized spacial score (nSPS) is 11.9. The Kier molecular flexibility index (Phi) is 11.3. The Morgan fingerprint density at radius 2 is 1.34 bits per heavy atom. The van der Waals surface area contributed by atoms with Gasteiger partial charge in [0, 0.05) is 6.61 Å². The molecule has 0 heterocycles. The minimum atomic E-state index is -1.75. The van der Waals surface area contributed by atoms with E-state index in [0.29, 0.717) is 40.1 Å². The Balaban J connectivity index is 1.68. The molecule has 0 aromatic heterocycles. The van der Waals surface area contributed by atoms with Crippen LogP contribution in [0.4, 0.5) is 0 Å². The predicted octanol–water partition coefficient (Wildman–Crippen LogP) is 8.05. The molecule has 2 rings (SSSR count). The van der Waals surface area contributed by atoms with E-state index in [4.69, 9.17) is 13.9 Å². The molecule has 0 saturated carbocycles. The number of benzene rings is 2. The lowest BCUT2D eigenvalue weighted by atomic mass is 10.2. The standard InChI is InChI=1S/C29H44O5Si/c1-21(2)35(22(3)4,23(5)6)33-19-11-9-8-10-18-32-26-14-12-25(13-15-26)29(31)34-27-16-17-28(30)24(7)20-27/h12-17,20-23,30H,8-11,18-19H2,1-7H3. The molecule has 0 saturated heterocycles. The van der Waals surface area contributed by atoms with Crippen molar-refractivity contribution in [3.8, 4) is 17.2 Å². The van der Waals surface area contributed by atoms with Gasteiger partial charge in [0.25, 0.3) is 0 Å². The van der Waals surface area contributed by atoms with E-state index in [1.54, 1.807) is 43.3 Å². The van der Waals surface area contributed by atoms with Crippen molar-refractivity contribution in [1.82, 2.24) is 0 Å². The summed E-state index contributed by atoms with van der Waals surface area (Å²) in [5.41, 5.74) is 2.98. The van der Waals surface area contributed by atoms with Gasteiger partial charge in [-0.05, 0) is 90.8 Å². The van der Waals surface area contributed by atoms with Crippen molar-refractivity contribution in [3.63, 3.8) is 0 Å². The van der Waals surface area contributed by atoms with Crippen LogP contribution in [-0.4, -0.2) is 32.6 Å². The molecule has 0 fully saturated rings. The minimum absolute atomic E-state index is 0.173. The molecule has 0 radical (unpaired) electrons. The van der Waals surface area contributed by atoms with Gasteiger partial charge in [-0.25, -0.2) is 4.79 Å². The lowest BCUT2D eigenvalue weighted by Gasteiger charge is -2.42. The second-order valence-corrected chi connectivity index (χ2v) is 15.8. The first kappa shape index (κ1) is 28.9. The predicted molar refractivity (Wildman–Crippen MR) is 145 cm³/mol. The number of aryl methyl sites for hydroxylation is 1. The highest BCUT2D eigenvalue weighted by atomic mass is 28.4. The fraction of sp³-hybridized carbons (Fsp3) is 0.552. The highest BCUT2D eigenvalue weighted by Gasteiger charge is 2.44. The quantitative estimate of drug-likeness (QED) is 0.123. The van der Waals surface area contributed by atoms with Crippen molar-refractivity contribution in [3.05, 3.63) is 53.6 Å². The third-order valence-electron chi connectivity index (χ3n) is 6.84. The monoisotopic (exact) mass is 500 g/mol. The third-order valence-corrected chi connectivity index (χ3v) is 13.0. The van der Waals surface area contributed by atoms with Crippen LogP contribution in [0.15, 0.2) is 42.5 Å². The number of carbonyl (C=O) groups is 1. The molecule has 2 aromatic rings. The van der Waals surface area contributed by atoms with Gasteiger partial charge in [0.1, 0.15) is 17.2 Å². The van der Waals surface area contributed by atoms with Crippen molar-refractivity contribution < 1.29 is 23.8 Å². The van der Waals surface area contributed by atoms with Gasteiger partial charge in [-0.15, -0.1) is 0 Å². The maximum atomic E-state index is 12.3. The first-order valence-electron chi connectivity index (χ1n) is 13.0. The minimum Gasteiger partial charge on any atom is -0.508 e. The molecule has 1 N–H and O–H groups in total. The maximum absolute atomic E-state index is 12.3. The molecule has 0 aliphatic carbocycles. The smallest absolute Gasteiger partial charge is 0.343 e. The molecule has 6 heteroatoms. The van der Waals surface area contributed by atoms with E-state index >= 15 is 0 Å². The summed E-state index contributed by atoms with van der Waals surface area (Å²) in [7, 11) is -1.75. The second kappa shape index (κ2) is 13.7. The van der Waals surface area contributed by atoms with Gasteiger partial charge in [0.15, 0.2) is 8.32 Å². The maximum Gasteiger partial charge on any atom is 0.343 e. The Labute approximate surface area is 212 Å². The molecule has 0 aliphatic rings. The first-order chi connectivity index (χ1) is 16.6. The zero-order valence-corrected chi connectivity index (χ0v) is 23.6. The summed E-state index contributed by atoms with van der Waals surface area (Å²) in [6.07, 6.45) is 4.34. The summed E-state index contributed by atoms with van der Waals surface area (Å²) in [6.45, 7) is 17.2. The van der Waals surface area contributed by atoms with Crippen LogP contribution in [0.2, 0.25) is 16.6 Å². The lowest BCUT2D eigenvalue weighted by Crippen LogP contribution is -2.47. The van der Waals surface area contributed by atoms with E-state index < -0.39 is 14.3 Å². The van der Waals surface area contributed by atoms with Crippen LogP contribution in [0.1, 0.15) is 83.1 Å². The van der Waals surface area contributed by atoms with Gasteiger partial charge >= 0.3 is 5.97 Å². The lowest BCUT2D eigenvalue weighted by molar-refractivity contribution is 0.0734. The number of unbranched alkanes of at least 4 members (excludes halogenated alkanes) is 3. The number of esters is 1. The summed E-state index contributed by atoms with van der Waals surface area (Å²) in [6, 6.07) is 11.7. The summed E-state index contributed by atoms with van der Waals surface area (Å²) >= 11 is 0. The Morgan fingerprint density at radius 3 is 1.89 bits per heavy atom. The fourth-order valence-corrected chi connectivity index (χ4v) is 10.5. The molecule has 0 atom stereocenters. The third kappa shape index (κ3) is 8.11. The number of ether oxygens (including phenoxy) is 2. The molecule has 0 unspecified atom stereocenters. The number of aromatic hydroxyl groups is 1. The molecule has 0 spiro atoms. The Morgan fingerprint density at radius 1 is 0.800 bits per heavy atom. The number of phenols is 1. The number of carbonyl (C=O) groups excluding carboxylic acids is 1. The van der Waals surface area contributed by atoms with Crippen LogP contribution in [0.5, 0.6) is 17.2 Å². The van der Waals surface area contributed by atoms with Crippen molar-refractivity contribution in [2.45, 2.75) is 90.8 Å². The van der Waals surface area contributed by atoms with Crippen molar-refractivity contribution in [2.24, 2.45) is 0 Å². The average Bonchev–Trinajstić information content (AvgIpc) is 2.80. The largest absolute Gasteiger partial charge is 0.508 e. The molecule has 35 heavy (non-hydrogen) atoms. The summed E-state index contributed by atoms with van der Waals surface area (Å²) < 4.78 is 17.8. The van der Waals surface area contributed by atoms with Gasteiger partial charge in [-0.3, -0.25) is 0 Å². The summed E-state index contributed by atoms with van der Waals surface area (Å²) in [5.74, 6) is 0.878. The zero-order chi connectivity index (χ0) is 26.0. The van der Waals surface area contributed by atoms with E-state index in [9.17, 15) is 9.90 Å². The topological polar surface area (TPSA) is 65.0 Å². The van der Waals surface area contributed by atoms with Gasteiger partial charge in [-0.2, -0.15) is 0 Å². The molecule has 2 aromatic carbocycles. The van der Waals surface area contributed by atoms with Crippen LogP contribution in [0.25, 0.3) is 0 Å². The van der Waals surface area contributed by atoms with Crippen LogP contribution in [-0.2, 0) is 4.43 Å². The van der Waals surface area contributed by atoms with Crippen LogP contribution in [0, 0.1) is 6.92 Å². The van der Waals surface area contributed by atoms with Crippen molar-refractivity contribution >= 4 is 14.3 Å². The zero-order valence-electron chi connectivity index (χ0n) is 22.6. The van der Waals surface area contributed by atoms with E-state index in [2.05, 4.69) is 41.5 Å². The van der Waals surface area contributed by atoms with Gasteiger partial charge < -0.3 is 19.0 Å². The van der Waals surface area contributed by atoms with Crippen LogP contribution < -0.4 is 9.47 Å². The molecule has 194 valence electrons. The van der Waals surface area contributed by atoms with Crippen LogP contribution >= 0.6 is 0 Å². The molecule has 0 amide bonds. The number of hydrogen-bond acceptors (Lipinski definition) is 5. The molecular formula is C29H44O5Si. The van der Waals surface area contributed by atoms with Crippen LogP contribution in [0.3, 0.4) is 0 Å². The van der Waals surface area contributed by atoms with Crippen molar-refractivity contribution in [2.75, 3.05) is 13.2 Å². The highest BCUT2D eigenvalue weighted by Crippen LogP contribution is 2.42. The van der Waals surface area contributed by atoms with E-state index in [-0.39, 0.29) is 5.75 Å². The Hall–Kier alpha value is -2.31. The Bertz CT molecular complexity index is 899. The number of rotatable bonds is 14. The highest BCUT2D eigenvalue weighted by molar-refractivity contribution is 6.77.